The molecule has 7 nitrogen and oxygen atoms in total. The lowest BCUT2D eigenvalue weighted by Gasteiger charge is -2.16. The Balaban J connectivity index is 2.87. The van der Waals surface area contributed by atoms with Crippen LogP contribution in [0.4, 0.5) is 17.5 Å². The average Bonchev–Trinajstić information content (AvgIpc) is 2.34. The third-order valence-corrected chi connectivity index (χ3v) is 2.92. The summed E-state index contributed by atoms with van der Waals surface area (Å²) in [5.74, 6) is 1.52. The van der Waals surface area contributed by atoms with Gasteiger partial charge in [-0.3, -0.25) is 10.1 Å². The Kier molecular flexibility index (Phi) is 4.82. The number of nitrogens with zero attached hydrogens (tertiary/aromatic N) is 3. The molecule has 0 saturated carbocycles. The lowest BCUT2D eigenvalue weighted by molar-refractivity contribution is -0.384. The molecule has 1 rings (SSSR count). The molecule has 0 bridgehead atoms. The van der Waals surface area contributed by atoms with Crippen LogP contribution in [0.1, 0.15) is 20.8 Å². The molecule has 1 atom stereocenters. The fourth-order valence-electron chi connectivity index (χ4n) is 1.25. The molecule has 0 aliphatic heterocycles. The van der Waals surface area contributed by atoms with Gasteiger partial charge in [-0.1, -0.05) is 20.8 Å². The molecule has 0 fully saturated rings. The Bertz CT molecular complexity index is 422. The summed E-state index contributed by atoms with van der Waals surface area (Å²) in [7, 11) is 1.67. The molecule has 1 unspecified atom stereocenters. The zero-order chi connectivity index (χ0) is 13.7. The second-order valence-electron chi connectivity index (χ2n) is 4.54. The van der Waals surface area contributed by atoms with Crippen LogP contribution in [0.15, 0.2) is 6.20 Å². The van der Waals surface area contributed by atoms with Crippen molar-refractivity contribution in [2.45, 2.75) is 20.8 Å². The van der Waals surface area contributed by atoms with Crippen molar-refractivity contribution in [3.8, 4) is 0 Å². The average molecular weight is 253 g/mol. The minimum atomic E-state index is -0.484. The number of nitro groups is 1. The van der Waals surface area contributed by atoms with Gasteiger partial charge in [-0.05, 0) is 11.8 Å². The van der Waals surface area contributed by atoms with Gasteiger partial charge >= 0.3 is 5.69 Å². The summed E-state index contributed by atoms with van der Waals surface area (Å²) < 4.78 is 0. The van der Waals surface area contributed by atoms with Crippen LogP contribution in [0.5, 0.6) is 0 Å². The summed E-state index contributed by atoms with van der Waals surface area (Å²) in [4.78, 5) is 18.3. The molecule has 0 aliphatic carbocycles. The molecule has 0 aromatic carbocycles. The number of rotatable bonds is 6. The van der Waals surface area contributed by atoms with Gasteiger partial charge in [0.2, 0.25) is 11.8 Å². The van der Waals surface area contributed by atoms with Gasteiger partial charge in [-0.25, -0.2) is 4.98 Å². The summed E-state index contributed by atoms with van der Waals surface area (Å²) in [5, 5.41) is 16.6. The summed E-state index contributed by atoms with van der Waals surface area (Å²) in [5.41, 5.74) is -0.107. The molecular weight excluding hydrogens is 234 g/mol. The largest absolute Gasteiger partial charge is 0.364 e. The molecule has 0 saturated heterocycles. The van der Waals surface area contributed by atoms with E-state index in [4.69, 9.17) is 0 Å². The molecule has 0 radical (unpaired) electrons. The van der Waals surface area contributed by atoms with Gasteiger partial charge < -0.3 is 10.6 Å². The maximum Gasteiger partial charge on any atom is 0.329 e. The highest BCUT2D eigenvalue weighted by atomic mass is 16.6. The lowest BCUT2D eigenvalue weighted by atomic mass is 9.98. The van der Waals surface area contributed by atoms with E-state index >= 15 is 0 Å². The van der Waals surface area contributed by atoms with Crippen molar-refractivity contribution in [1.82, 2.24) is 9.97 Å². The standard InChI is InChI=1S/C11H19N5O2/c1-7(2)8(3)5-13-10-9(16(17)18)6-14-11(12-4)15-10/h6-8H,5H2,1-4H3,(H2,12,13,14,15). The Hall–Kier alpha value is -1.92. The van der Waals surface area contributed by atoms with Gasteiger partial charge in [0.05, 0.1) is 4.92 Å². The fourth-order valence-corrected chi connectivity index (χ4v) is 1.25. The number of anilines is 2. The molecule has 2 N–H and O–H groups in total. The van der Waals surface area contributed by atoms with Crippen molar-refractivity contribution < 1.29 is 4.92 Å². The third-order valence-electron chi connectivity index (χ3n) is 2.92. The van der Waals surface area contributed by atoms with Crippen LogP contribution in [-0.2, 0) is 0 Å². The third kappa shape index (κ3) is 3.54. The van der Waals surface area contributed by atoms with Crippen LogP contribution in [0.25, 0.3) is 0 Å². The number of hydrogen-bond acceptors (Lipinski definition) is 6. The van der Waals surface area contributed by atoms with Crippen molar-refractivity contribution in [2.24, 2.45) is 11.8 Å². The monoisotopic (exact) mass is 253 g/mol. The van der Waals surface area contributed by atoms with Crippen LogP contribution in [-0.4, -0.2) is 28.5 Å². The predicted octanol–water partition coefficient (Wildman–Crippen LogP) is 2.13. The molecular formula is C11H19N5O2. The van der Waals surface area contributed by atoms with E-state index in [1.54, 1.807) is 7.05 Å². The first-order chi connectivity index (χ1) is 8.45. The molecule has 7 heteroatoms. The highest BCUT2D eigenvalue weighted by Gasteiger charge is 2.18. The lowest BCUT2D eigenvalue weighted by Crippen LogP contribution is -2.18. The van der Waals surface area contributed by atoms with Gasteiger partial charge in [-0.2, -0.15) is 4.98 Å². The van der Waals surface area contributed by atoms with Gasteiger partial charge in [-0.15, -0.1) is 0 Å². The molecule has 1 aromatic heterocycles. The Morgan fingerprint density at radius 2 is 2.11 bits per heavy atom. The van der Waals surface area contributed by atoms with E-state index in [-0.39, 0.29) is 11.5 Å². The maximum atomic E-state index is 10.9. The van der Waals surface area contributed by atoms with Crippen molar-refractivity contribution in [3.63, 3.8) is 0 Å². The Morgan fingerprint density at radius 1 is 1.44 bits per heavy atom. The van der Waals surface area contributed by atoms with E-state index in [2.05, 4.69) is 41.4 Å². The Labute approximate surface area is 106 Å². The van der Waals surface area contributed by atoms with E-state index in [0.29, 0.717) is 24.3 Å². The molecule has 0 amide bonds. The predicted molar refractivity (Wildman–Crippen MR) is 70.7 cm³/mol. The van der Waals surface area contributed by atoms with Crippen LogP contribution >= 0.6 is 0 Å². The van der Waals surface area contributed by atoms with E-state index < -0.39 is 4.92 Å². The number of aromatic nitrogens is 2. The second kappa shape index (κ2) is 6.13. The van der Waals surface area contributed by atoms with Gasteiger partial charge in [0, 0.05) is 13.6 Å². The van der Waals surface area contributed by atoms with Crippen molar-refractivity contribution in [2.75, 3.05) is 24.2 Å². The molecule has 100 valence electrons. The summed E-state index contributed by atoms with van der Waals surface area (Å²) >= 11 is 0. The zero-order valence-electron chi connectivity index (χ0n) is 11.1. The molecule has 0 spiro atoms. The SMILES string of the molecule is CNc1ncc([N+](=O)[O-])c(NCC(C)C(C)C)n1. The number of nitrogens with one attached hydrogen (secondary N) is 2. The normalized spacial score (nSPS) is 12.3. The van der Waals surface area contributed by atoms with Gasteiger partial charge in [0.15, 0.2) is 0 Å². The molecule has 1 aromatic rings. The van der Waals surface area contributed by atoms with Crippen molar-refractivity contribution >= 4 is 17.5 Å². The minimum absolute atomic E-state index is 0.107. The van der Waals surface area contributed by atoms with E-state index in [9.17, 15) is 10.1 Å². The van der Waals surface area contributed by atoms with E-state index in [1.165, 1.54) is 6.20 Å². The Morgan fingerprint density at radius 3 is 2.61 bits per heavy atom. The van der Waals surface area contributed by atoms with Gasteiger partial charge in [0.25, 0.3) is 0 Å². The highest BCUT2D eigenvalue weighted by Crippen LogP contribution is 2.22. The number of hydrogen-bond donors (Lipinski definition) is 2. The van der Waals surface area contributed by atoms with E-state index in [1.807, 2.05) is 0 Å². The highest BCUT2D eigenvalue weighted by molar-refractivity contribution is 5.56. The quantitative estimate of drug-likeness (QED) is 0.596. The first-order valence-corrected chi connectivity index (χ1v) is 5.88. The van der Waals surface area contributed by atoms with Crippen molar-refractivity contribution in [3.05, 3.63) is 16.3 Å². The van der Waals surface area contributed by atoms with Crippen LogP contribution in [0, 0.1) is 22.0 Å². The van der Waals surface area contributed by atoms with Crippen molar-refractivity contribution in [1.29, 1.82) is 0 Å². The summed E-state index contributed by atoms with van der Waals surface area (Å²) in [6, 6.07) is 0. The summed E-state index contributed by atoms with van der Waals surface area (Å²) in [6.07, 6.45) is 1.21. The zero-order valence-corrected chi connectivity index (χ0v) is 11.1. The smallest absolute Gasteiger partial charge is 0.329 e. The van der Waals surface area contributed by atoms with Crippen LogP contribution in [0.2, 0.25) is 0 Å². The van der Waals surface area contributed by atoms with Crippen LogP contribution in [0.3, 0.4) is 0 Å². The fraction of sp³-hybridized carbons (Fsp3) is 0.636. The molecule has 0 aliphatic rings. The maximum absolute atomic E-state index is 10.9. The first-order valence-electron chi connectivity index (χ1n) is 5.88. The topological polar surface area (TPSA) is 93.0 Å². The van der Waals surface area contributed by atoms with Gasteiger partial charge in [0.1, 0.15) is 6.20 Å². The first kappa shape index (κ1) is 14.1. The molecule has 18 heavy (non-hydrogen) atoms. The second-order valence-corrected chi connectivity index (χ2v) is 4.54. The minimum Gasteiger partial charge on any atom is -0.364 e. The van der Waals surface area contributed by atoms with E-state index in [0.717, 1.165) is 0 Å². The molecule has 1 heterocycles. The summed E-state index contributed by atoms with van der Waals surface area (Å²) in [6.45, 7) is 6.95. The van der Waals surface area contributed by atoms with Crippen LogP contribution < -0.4 is 10.6 Å².